The van der Waals surface area contributed by atoms with Crippen LogP contribution in [-0.4, -0.2) is 77.1 Å². The molecule has 0 aromatic rings. The number of carbonyl (C=O) groups is 2. The van der Waals surface area contributed by atoms with Gasteiger partial charge in [-0.15, -0.1) is 11.6 Å². The van der Waals surface area contributed by atoms with Gasteiger partial charge in [0.25, 0.3) is 0 Å². The summed E-state index contributed by atoms with van der Waals surface area (Å²) in [6, 6.07) is -0.926. The van der Waals surface area contributed by atoms with E-state index in [9.17, 15) is 32.3 Å². The summed E-state index contributed by atoms with van der Waals surface area (Å²) in [5.74, 6) is -2.38. The molecular formula is C23H34ClF4N3O4. The van der Waals surface area contributed by atoms with Crippen LogP contribution < -0.4 is 16.0 Å². The molecule has 0 spiro atoms. The monoisotopic (exact) mass is 527 g/mol. The first-order chi connectivity index (χ1) is 16.4. The Bertz CT molecular complexity index is 793. The van der Waals surface area contributed by atoms with Crippen LogP contribution in [0, 0.1) is 5.92 Å². The molecule has 1 saturated heterocycles. The van der Waals surface area contributed by atoms with Crippen LogP contribution in [0.5, 0.6) is 0 Å². The van der Waals surface area contributed by atoms with Gasteiger partial charge in [-0.1, -0.05) is 0 Å². The summed E-state index contributed by atoms with van der Waals surface area (Å²) in [7, 11) is 0. The van der Waals surface area contributed by atoms with Gasteiger partial charge in [-0.3, -0.25) is 9.59 Å². The topological polar surface area (TPSA) is 99.7 Å². The predicted molar refractivity (Wildman–Crippen MR) is 120 cm³/mol. The molecule has 1 heterocycles. The van der Waals surface area contributed by atoms with Gasteiger partial charge in [0.1, 0.15) is 12.8 Å². The number of halogens is 5. The SMILES string of the molecule is O=C(COC1CCC(Cl)C(F)C1)NC12CCC(NC(=O)C3CC(C(F)(F)F)CCN3)(CC1)CC2O. The van der Waals surface area contributed by atoms with E-state index in [1.807, 2.05) is 0 Å². The van der Waals surface area contributed by atoms with Gasteiger partial charge in [-0.05, 0) is 64.3 Å². The minimum atomic E-state index is -4.33. The molecule has 4 N–H and O–H groups in total. The van der Waals surface area contributed by atoms with Crippen molar-refractivity contribution in [2.24, 2.45) is 5.92 Å². The minimum absolute atomic E-state index is 0.0502. The van der Waals surface area contributed by atoms with E-state index < -0.39 is 58.7 Å². The number of aliphatic hydroxyl groups is 1. The quantitative estimate of drug-likeness (QED) is 0.314. The van der Waals surface area contributed by atoms with E-state index >= 15 is 0 Å². The van der Waals surface area contributed by atoms with Crippen molar-refractivity contribution >= 4 is 23.4 Å². The van der Waals surface area contributed by atoms with Gasteiger partial charge in [0.15, 0.2) is 0 Å². The highest BCUT2D eigenvalue weighted by atomic mass is 35.5. The van der Waals surface area contributed by atoms with Crippen molar-refractivity contribution in [1.82, 2.24) is 16.0 Å². The summed E-state index contributed by atoms with van der Waals surface area (Å²) < 4.78 is 58.7. The molecule has 0 radical (unpaired) electrons. The third kappa shape index (κ3) is 6.05. The second-order valence-corrected chi connectivity index (χ2v) is 11.3. The number of ether oxygens (including phenoxy) is 1. The Morgan fingerprint density at radius 2 is 1.80 bits per heavy atom. The molecular weight excluding hydrogens is 494 g/mol. The van der Waals surface area contributed by atoms with Gasteiger partial charge in [-0.25, -0.2) is 4.39 Å². The minimum Gasteiger partial charge on any atom is -0.391 e. The standard InChI is InChI=1S/C23H34ClF4N3O4/c24-15-2-1-14(10-16(15)25)35-12-19(33)30-22-6-4-21(5-7-22,11-18(22)32)31-20(34)17-9-13(3-8-29-17)23(26,27)28/h13-18,29,32H,1-12H2,(H,30,33)(H,31,34). The number of nitrogens with one attached hydrogen (secondary N) is 3. The van der Waals surface area contributed by atoms with E-state index in [0.29, 0.717) is 38.5 Å². The molecule has 2 amide bonds. The second-order valence-electron chi connectivity index (χ2n) is 10.7. The number of hydrogen-bond donors (Lipinski definition) is 4. The normalized spacial score (nSPS) is 41.9. The Hall–Kier alpha value is -1.17. The van der Waals surface area contributed by atoms with Crippen molar-refractivity contribution in [3.8, 4) is 0 Å². The number of piperidine rings is 1. The molecule has 12 heteroatoms. The Labute approximate surface area is 207 Å². The number of carbonyl (C=O) groups excluding carboxylic acids is 2. The molecule has 2 bridgehead atoms. The van der Waals surface area contributed by atoms with Gasteiger partial charge < -0.3 is 25.8 Å². The number of rotatable bonds is 6. The summed E-state index contributed by atoms with van der Waals surface area (Å²) in [4.78, 5) is 25.4. The largest absolute Gasteiger partial charge is 0.391 e. The molecule has 5 rings (SSSR count). The molecule has 200 valence electrons. The fourth-order valence-corrected chi connectivity index (χ4v) is 6.35. The smallest absolute Gasteiger partial charge is 0.391 e. The Morgan fingerprint density at radius 3 is 2.43 bits per heavy atom. The third-order valence-corrected chi connectivity index (χ3v) is 8.87. The zero-order valence-electron chi connectivity index (χ0n) is 19.5. The van der Waals surface area contributed by atoms with Crippen LogP contribution in [0.3, 0.4) is 0 Å². The average Bonchev–Trinajstić information content (AvgIpc) is 2.80. The maximum atomic E-state index is 13.8. The predicted octanol–water partition coefficient (Wildman–Crippen LogP) is 2.48. The fraction of sp³-hybridized carbons (Fsp3) is 0.913. The number of alkyl halides is 5. The Kier molecular flexibility index (Phi) is 7.91. The number of hydrogen-bond acceptors (Lipinski definition) is 5. The number of aliphatic hydroxyl groups excluding tert-OH is 1. The maximum Gasteiger partial charge on any atom is 0.391 e. The summed E-state index contributed by atoms with van der Waals surface area (Å²) in [6.07, 6.45) is -3.88. The highest BCUT2D eigenvalue weighted by Gasteiger charge is 2.56. The first-order valence-corrected chi connectivity index (χ1v) is 12.9. The van der Waals surface area contributed by atoms with E-state index in [-0.39, 0.29) is 44.9 Å². The molecule has 6 atom stereocenters. The van der Waals surface area contributed by atoms with Crippen molar-refractivity contribution in [2.45, 2.75) is 111 Å². The van der Waals surface area contributed by atoms with E-state index in [0.717, 1.165) is 0 Å². The number of amides is 2. The van der Waals surface area contributed by atoms with Crippen LogP contribution in [0.25, 0.3) is 0 Å². The molecule has 4 saturated carbocycles. The zero-order chi connectivity index (χ0) is 25.4. The number of fused-ring (bicyclic) bond motifs is 3. The molecule has 1 aliphatic heterocycles. The van der Waals surface area contributed by atoms with Gasteiger partial charge in [0.2, 0.25) is 11.8 Å². The lowest BCUT2D eigenvalue weighted by atomic mass is 9.59. The van der Waals surface area contributed by atoms with Crippen molar-refractivity contribution in [3.05, 3.63) is 0 Å². The molecule has 0 aromatic heterocycles. The molecule has 35 heavy (non-hydrogen) atoms. The molecule has 5 fully saturated rings. The van der Waals surface area contributed by atoms with Crippen LogP contribution in [0.4, 0.5) is 17.6 Å². The lowest BCUT2D eigenvalue weighted by molar-refractivity contribution is -0.183. The van der Waals surface area contributed by atoms with Crippen LogP contribution in [0.1, 0.15) is 64.2 Å². The molecule has 7 nitrogen and oxygen atoms in total. The third-order valence-electron chi connectivity index (χ3n) is 8.38. The maximum absolute atomic E-state index is 13.8. The Balaban J connectivity index is 1.27. The zero-order valence-corrected chi connectivity index (χ0v) is 20.3. The first-order valence-electron chi connectivity index (χ1n) is 12.4. The van der Waals surface area contributed by atoms with E-state index in [2.05, 4.69) is 16.0 Å². The van der Waals surface area contributed by atoms with Crippen molar-refractivity contribution in [1.29, 1.82) is 0 Å². The van der Waals surface area contributed by atoms with Crippen LogP contribution in [0.2, 0.25) is 0 Å². The van der Waals surface area contributed by atoms with E-state index in [4.69, 9.17) is 16.3 Å². The second kappa shape index (κ2) is 10.3. The van der Waals surface area contributed by atoms with Crippen molar-refractivity contribution in [3.63, 3.8) is 0 Å². The summed E-state index contributed by atoms with van der Waals surface area (Å²) in [6.45, 7) is -0.122. The summed E-state index contributed by atoms with van der Waals surface area (Å²) in [5.41, 5.74) is -1.55. The Morgan fingerprint density at radius 1 is 1.09 bits per heavy atom. The molecule has 4 aliphatic carbocycles. The highest BCUT2D eigenvalue weighted by molar-refractivity contribution is 6.21. The lowest BCUT2D eigenvalue weighted by Crippen LogP contribution is -2.71. The molecule has 5 aliphatic rings. The van der Waals surface area contributed by atoms with Gasteiger partial charge >= 0.3 is 6.18 Å². The van der Waals surface area contributed by atoms with Crippen LogP contribution in [0.15, 0.2) is 0 Å². The fourth-order valence-electron chi connectivity index (χ4n) is 6.13. The summed E-state index contributed by atoms with van der Waals surface area (Å²) >= 11 is 5.88. The van der Waals surface area contributed by atoms with Gasteiger partial charge in [0, 0.05) is 12.0 Å². The molecule has 0 aromatic carbocycles. The van der Waals surface area contributed by atoms with Crippen LogP contribution in [-0.2, 0) is 14.3 Å². The van der Waals surface area contributed by atoms with Crippen molar-refractivity contribution in [2.75, 3.05) is 13.2 Å². The van der Waals surface area contributed by atoms with Crippen LogP contribution >= 0.6 is 11.6 Å². The molecule has 6 unspecified atom stereocenters. The first kappa shape index (κ1) is 26.9. The van der Waals surface area contributed by atoms with Gasteiger partial charge in [-0.2, -0.15) is 13.2 Å². The van der Waals surface area contributed by atoms with Gasteiger partial charge in [0.05, 0.1) is 35.1 Å². The average molecular weight is 528 g/mol. The van der Waals surface area contributed by atoms with E-state index in [1.165, 1.54) is 0 Å². The van der Waals surface area contributed by atoms with E-state index in [1.54, 1.807) is 0 Å². The van der Waals surface area contributed by atoms with Crippen molar-refractivity contribution < 1.29 is 37.0 Å². The highest BCUT2D eigenvalue weighted by Crippen LogP contribution is 2.47. The summed E-state index contributed by atoms with van der Waals surface area (Å²) in [5, 5.41) is 19.1. The lowest BCUT2D eigenvalue weighted by Gasteiger charge is -2.56.